The van der Waals surface area contributed by atoms with Gasteiger partial charge in [0.2, 0.25) is 11.8 Å². The van der Waals surface area contributed by atoms with Crippen molar-refractivity contribution in [3.05, 3.63) is 23.8 Å². The Kier molecular flexibility index (Phi) is 7.20. The summed E-state index contributed by atoms with van der Waals surface area (Å²) < 4.78 is 37.0. The molecule has 0 saturated carbocycles. The number of rotatable bonds is 9. The average molecular weight is 398 g/mol. The molecule has 0 unspecified atom stereocenters. The van der Waals surface area contributed by atoms with Crippen LogP contribution < -0.4 is 10.1 Å². The summed E-state index contributed by atoms with van der Waals surface area (Å²) in [5, 5.41) is 2.69. The van der Waals surface area contributed by atoms with Crippen LogP contribution in [0.2, 0.25) is 0 Å². The van der Waals surface area contributed by atoms with Gasteiger partial charge in [0.15, 0.2) is 0 Å². The zero-order chi connectivity index (χ0) is 20.0. The molecule has 1 fully saturated rings. The third-order valence-corrected chi connectivity index (χ3v) is 6.18. The van der Waals surface area contributed by atoms with Gasteiger partial charge in [-0.3, -0.25) is 9.59 Å². The molecule has 1 aliphatic rings. The van der Waals surface area contributed by atoms with Gasteiger partial charge >= 0.3 is 0 Å². The van der Waals surface area contributed by atoms with Crippen molar-refractivity contribution in [2.24, 2.45) is 0 Å². The molecule has 0 spiro atoms. The zero-order valence-electron chi connectivity index (χ0n) is 15.9. The topological polar surface area (TPSA) is 102 Å². The average Bonchev–Trinajstić information content (AvgIpc) is 3.03. The number of sulfonamides is 1. The molecular formula is C18H26N2O6S. The van der Waals surface area contributed by atoms with E-state index in [0.29, 0.717) is 41.8 Å². The van der Waals surface area contributed by atoms with E-state index in [0.717, 1.165) is 0 Å². The molecule has 0 aliphatic carbocycles. The molecule has 1 atom stereocenters. The van der Waals surface area contributed by atoms with Crippen LogP contribution in [0.4, 0.5) is 0 Å². The SMILES string of the molecule is CCOCCCNC(=O)[C@H]1CCC(=O)N1S(=O)(=O)c1ccc(OC)c(C)c1. The van der Waals surface area contributed by atoms with Crippen LogP contribution in [0.1, 0.15) is 31.7 Å². The highest BCUT2D eigenvalue weighted by molar-refractivity contribution is 7.89. The van der Waals surface area contributed by atoms with Gasteiger partial charge in [0.25, 0.3) is 10.0 Å². The lowest BCUT2D eigenvalue weighted by Gasteiger charge is -2.24. The van der Waals surface area contributed by atoms with Gasteiger partial charge in [-0.25, -0.2) is 12.7 Å². The minimum absolute atomic E-state index is 0.0192. The van der Waals surface area contributed by atoms with Crippen molar-refractivity contribution in [3.63, 3.8) is 0 Å². The Morgan fingerprint density at radius 2 is 2.11 bits per heavy atom. The lowest BCUT2D eigenvalue weighted by Crippen LogP contribution is -2.47. The van der Waals surface area contributed by atoms with Gasteiger partial charge < -0.3 is 14.8 Å². The first-order valence-electron chi connectivity index (χ1n) is 8.90. The lowest BCUT2D eigenvalue weighted by molar-refractivity contribution is -0.130. The van der Waals surface area contributed by atoms with Crippen molar-refractivity contribution in [2.45, 2.75) is 44.0 Å². The monoisotopic (exact) mass is 398 g/mol. The van der Waals surface area contributed by atoms with Crippen LogP contribution in [0, 0.1) is 6.92 Å². The molecular weight excluding hydrogens is 372 g/mol. The first-order valence-corrected chi connectivity index (χ1v) is 10.3. The predicted octanol–water partition coefficient (Wildman–Crippen LogP) is 1.23. The molecule has 1 heterocycles. The van der Waals surface area contributed by atoms with Gasteiger partial charge in [-0.2, -0.15) is 0 Å². The zero-order valence-corrected chi connectivity index (χ0v) is 16.7. The van der Waals surface area contributed by atoms with E-state index in [-0.39, 0.29) is 17.7 Å². The number of nitrogens with one attached hydrogen (secondary N) is 1. The summed E-state index contributed by atoms with van der Waals surface area (Å²) in [4.78, 5) is 24.7. The molecule has 2 amide bonds. The van der Waals surface area contributed by atoms with Crippen LogP contribution in [-0.4, -0.2) is 57.4 Å². The van der Waals surface area contributed by atoms with Crippen molar-refractivity contribution in [1.29, 1.82) is 0 Å². The number of benzene rings is 1. The molecule has 2 rings (SSSR count). The van der Waals surface area contributed by atoms with Crippen LogP contribution >= 0.6 is 0 Å². The van der Waals surface area contributed by atoms with Crippen molar-refractivity contribution < 1.29 is 27.5 Å². The fourth-order valence-electron chi connectivity index (χ4n) is 2.97. The molecule has 1 N–H and O–H groups in total. The molecule has 150 valence electrons. The maximum atomic E-state index is 13.0. The number of nitrogens with zero attached hydrogens (tertiary/aromatic N) is 1. The Labute approximate surface area is 159 Å². The normalized spacial score (nSPS) is 17.2. The van der Waals surface area contributed by atoms with E-state index >= 15 is 0 Å². The summed E-state index contributed by atoms with van der Waals surface area (Å²) >= 11 is 0. The van der Waals surface area contributed by atoms with Gasteiger partial charge in [-0.05, 0) is 50.5 Å². The minimum atomic E-state index is -4.13. The number of aryl methyl sites for hydroxylation is 1. The van der Waals surface area contributed by atoms with Gasteiger partial charge in [0.05, 0.1) is 12.0 Å². The van der Waals surface area contributed by atoms with Gasteiger partial charge in [-0.1, -0.05) is 0 Å². The number of ether oxygens (including phenoxy) is 2. The van der Waals surface area contributed by atoms with Crippen LogP contribution in [0.25, 0.3) is 0 Å². The van der Waals surface area contributed by atoms with Crippen LogP contribution in [0.3, 0.4) is 0 Å². The Balaban J connectivity index is 2.16. The maximum Gasteiger partial charge on any atom is 0.267 e. The summed E-state index contributed by atoms with van der Waals surface area (Å²) in [5.74, 6) is -0.491. The largest absolute Gasteiger partial charge is 0.496 e. The molecule has 27 heavy (non-hydrogen) atoms. The fraction of sp³-hybridized carbons (Fsp3) is 0.556. The maximum absolute atomic E-state index is 13.0. The van der Waals surface area contributed by atoms with E-state index in [9.17, 15) is 18.0 Å². The number of methoxy groups -OCH3 is 1. The molecule has 0 aromatic heterocycles. The number of carbonyl (C=O) groups excluding carboxylic acids is 2. The van der Waals surface area contributed by atoms with E-state index in [1.807, 2.05) is 6.92 Å². The summed E-state index contributed by atoms with van der Waals surface area (Å²) in [6.45, 7) is 5.06. The number of carbonyl (C=O) groups is 2. The second-order valence-corrected chi connectivity index (χ2v) is 8.04. The standard InChI is InChI=1S/C18H26N2O6S/c1-4-26-11-5-10-19-18(22)15-7-9-17(21)20(15)27(23,24)14-6-8-16(25-3)13(2)12-14/h6,8,12,15H,4-5,7,9-11H2,1-3H3,(H,19,22)/t15-/m1/s1. The molecule has 0 radical (unpaired) electrons. The first kappa shape index (κ1) is 21.2. The third-order valence-electron chi connectivity index (χ3n) is 4.36. The quantitative estimate of drug-likeness (QED) is 0.628. The summed E-state index contributed by atoms with van der Waals surface area (Å²) in [5.41, 5.74) is 0.627. The van der Waals surface area contributed by atoms with Gasteiger partial charge in [0, 0.05) is 26.2 Å². The van der Waals surface area contributed by atoms with Crippen molar-refractivity contribution in [2.75, 3.05) is 26.9 Å². The van der Waals surface area contributed by atoms with Crippen molar-refractivity contribution >= 4 is 21.8 Å². The Morgan fingerprint density at radius 3 is 2.74 bits per heavy atom. The van der Waals surface area contributed by atoms with Crippen LogP contribution in [-0.2, 0) is 24.3 Å². The van der Waals surface area contributed by atoms with Crippen LogP contribution in [0.15, 0.2) is 23.1 Å². The third kappa shape index (κ3) is 4.78. The highest BCUT2D eigenvalue weighted by atomic mass is 32.2. The number of amides is 2. The summed E-state index contributed by atoms with van der Waals surface area (Å²) in [7, 11) is -2.63. The molecule has 1 aromatic rings. The molecule has 1 aromatic carbocycles. The van der Waals surface area contributed by atoms with Gasteiger partial charge in [-0.15, -0.1) is 0 Å². The molecule has 0 bridgehead atoms. The molecule has 9 heteroatoms. The minimum Gasteiger partial charge on any atom is -0.496 e. The van der Waals surface area contributed by atoms with Crippen LogP contribution in [0.5, 0.6) is 5.75 Å². The molecule has 1 saturated heterocycles. The fourth-order valence-corrected chi connectivity index (χ4v) is 4.66. The Morgan fingerprint density at radius 1 is 1.37 bits per heavy atom. The Hall–Kier alpha value is -2.13. The summed E-state index contributed by atoms with van der Waals surface area (Å²) in [6.07, 6.45) is 0.806. The van der Waals surface area contributed by atoms with E-state index in [1.54, 1.807) is 6.92 Å². The van der Waals surface area contributed by atoms with E-state index in [4.69, 9.17) is 9.47 Å². The van der Waals surface area contributed by atoms with Crippen molar-refractivity contribution in [3.8, 4) is 5.75 Å². The highest BCUT2D eigenvalue weighted by Gasteiger charge is 2.44. The summed E-state index contributed by atoms with van der Waals surface area (Å²) in [6, 6.07) is 3.32. The Bertz CT molecular complexity index is 793. The van der Waals surface area contributed by atoms with Gasteiger partial charge in [0.1, 0.15) is 11.8 Å². The number of hydrogen-bond acceptors (Lipinski definition) is 6. The first-order chi connectivity index (χ1) is 12.8. The van der Waals surface area contributed by atoms with E-state index < -0.39 is 27.9 Å². The second kappa shape index (κ2) is 9.18. The molecule has 1 aliphatic heterocycles. The highest BCUT2D eigenvalue weighted by Crippen LogP contribution is 2.29. The van der Waals surface area contributed by atoms with E-state index in [1.165, 1.54) is 25.3 Å². The number of hydrogen-bond donors (Lipinski definition) is 1. The lowest BCUT2D eigenvalue weighted by atomic mass is 10.2. The predicted molar refractivity (Wildman–Crippen MR) is 98.9 cm³/mol. The van der Waals surface area contributed by atoms with Crippen molar-refractivity contribution in [1.82, 2.24) is 9.62 Å². The smallest absolute Gasteiger partial charge is 0.267 e. The van der Waals surface area contributed by atoms with E-state index in [2.05, 4.69) is 5.32 Å². The molecule has 8 nitrogen and oxygen atoms in total. The second-order valence-electron chi connectivity index (χ2n) is 6.22.